The smallest absolute Gasteiger partial charge is 0.326 e. The number of aliphatic hydroxyl groups is 1. The molecule has 0 aliphatic rings. The summed E-state index contributed by atoms with van der Waals surface area (Å²) >= 11 is 0. The van der Waals surface area contributed by atoms with Crippen LogP contribution in [0.5, 0.6) is 0 Å². The number of likely N-dealkylation sites (N-methyl/N-ethyl adjacent to an activating group) is 1. The standard InChI is InChI=1S/C60H103N5O22/c1-43(66)47(58(78)79)26-29-51(69)48(61-2)21-17-18-32-62-52(70)30-24-44(57(76)77)40-45(67)25-27-49(59(80)81)65-55(73)42-87-39-36-84-34-19-20-46(68)41-86-38-37-85-35-33-63-53(71)31-28-50(60(82)83)64-54(72)22-15-13-11-9-7-5-3-4-6-8-10-12-14-16-23-56(74)75/h43-44,47-50,61,66H,3-42H2,1-2H3,(H,62,70)(H,63,71)(H,64,72)(H,65,73)(H,74,75)(H,76,77)(H,78,79)(H,80,81)(H,82,83)/t43-,44+,47+,48-,49+,50-/m0/s1. The molecule has 27 heteroatoms. The van der Waals surface area contributed by atoms with Crippen molar-refractivity contribution in [2.24, 2.45) is 11.8 Å². The minimum Gasteiger partial charge on any atom is -0.481 e. The summed E-state index contributed by atoms with van der Waals surface area (Å²) in [6.07, 6.45) is 14.4. The first kappa shape index (κ1) is 81.0. The number of aliphatic carboxylic acids is 5. The third kappa shape index (κ3) is 47.7. The second-order valence-corrected chi connectivity index (χ2v) is 21.9. The Morgan fingerprint density at radius 1 is 0.379 bits per heavy atom. The zero-order valence-electron chi connectivity index (χ0n) is 51.5. The number of carbonyl (C=O) groups is 12. The van der Waals surface area contributed by atoms with Crippen LogP contribution < -0.4 is 26.6 Å². The number of rotatable bonds is 62. The van der Waals surface area contributed by atoms with E-state index >= 15 is 0 Å². The fourth-order valence-corrected chi connectivity index (χ4v) is 9.16. The van der Waals surface area contributed by atoms with Gasteiger partial charge in [-0.15, -0.1) is 0 Å². The van der Waals surface area contributed by atoms with Gasteiger partial charge in [0.25, 0.3) is 0 Å². The molecule has 0 unspecified atom stereocenters. The van der Waals surface area contributed by atoms with E-state index in [0.29, 0.717) is 32.1 Å². The highest BCUT2D eigenvalue weighted by Gasteiger charge is 2.28. The first-order chi connectivity index (χ1) is 41.6. The largest absolute Gasteiger partial charge is 0.481 e. The average molecular weight is 1250 g/mol. The van der Waals surface area contributed by atoms with E-state index in [1.165, 1.54) is 39.0 Å². The topological polar surface area (TPSA) is 423 Å². The lowest BCUT2D eigenvalue weighted by atomic mass is 9.93. The predicted molar refractivity (Wildman–Crippen MR) is 316 cm³/mol. The molecule has 0 aliphatic carbocycles. The van der Waals surface area contributed by atoms with Crippen molar-refractivity contribution in [2.75, 3.05) is 73.0 Å². The molecule has 0 saturated carbocycles. The molecule has 0 rings (SSSR count). The quantitative estimate of drug-likeness (QED) is 0.0378. The van der Waals surface area contributed by atoms with Crippen LogP contribution in [0, 0.1) is 11.8 Å². The van der Waals surface area contributed by atoms with Crippen molar-refractivity contribution >= 4 is 70.8 Å². The molecule has 500 valence electrons. The molecule has 6 atom stereocenters. The van der Waals surface area contributed by atoms with Crippen molar-refractivity contribution in [1.82, 2.24) is 26.6 Å². The Bertz CT molecular complexity index is 2030. The second-order valence-electron chi connectivity index (χ2n) is 21.9. The number of amides is 4. The minimum absolute atomic E-state index is 0.00173. The maximum atomic E-state index is 12.7. The molecule has 0 aromatic rings. The second kappa shape index (κ2) is 53.1. The molecule has 0 spiro atoms. The Balaban J connectivity index is 4.07. The van der Waals surface area contributed by atoms with E-state index in [9.17, 15) is 83.1 Å². The van der Waals surface area contributed by atoms with Gasteiger partial charge < -0.3 is 76.2 Å². The number of carbonyl (C=O) groups excluding carboxylic acids is 7. The summed E-state index contributed by atoms with van der Waals surface area (Å²) in [7, 11) is 1.60. The Morgan fingerprint density at radius 3 is 1.40 bits per heavy atom. The summed E-state index contributed by atoms with van der Waals surface area (Å²) < 4.78 is 21.4. The summed E-state index contributed by atoms with van der Waals surface area (Å²) in [5.41, 5.74) is 0. The lowest BCUT2D eigenvalue weighted by Gasteiger charge is -2.18. The molecule has 0 saturated heterocycles. The number of carboxylic acids is 5. The molecule has 0 radical (unpaired) electrons. The van der Waals surface area contributed by atoms with Crippen LogP contribution in [0.4, 0.5) is 0 Å². The van der Waals surface area contributed by atoms with Gasteiger partial charge in [-0.1, -0.05) is 77.0 Å². The fourth-order valence-electron chi connectivity index (χ4n) is 9.16. The van der Waals surface area contributed by atoms with E-state index in [2.05, 4.69) is 26.6 Å². The number of ether oxygens (including phenoxy) is 4. The van der Waals surface area contributed by atoms with E-state index in [0.717, 1.165) is 51.4 Å². The highest BCUT2D eigenvalue weighted by Crippen LogP contribution is 2.18. The average Bonchev–Trinajstić information content (AvgIpc) is 3.52. The lowest BCUT2D eigenvalue weighted by Crippen LogP contribution is -2.42. The zero-order valence-corrected chi connectivity index (χ0v) is 51.5. The van der Waals surface area contributed by atoms with Crippen molar-refractivity contribution in [1.29, 1.82) is 0 Å². The number of ketones is 3. The number of hydrogen-bond donors (Lipinski definition) is 11. The lowest BCUT2D eigenvalue weighted by molar-refractivity contribution is -0.146. The van der Waals surface area contributed by atoms with Crippen molar-refractivity contribution in [3.8, 4) is 0 Å². The molecular formula is C60H103N5O22. The van der Waals surface area contributed by atoms with Gasteiger partial charge in [0.15, 0.2) is 5.78 Å². The molecule has 0 aromatic heterocycles. The highest BCUT2D eigenvalue weighted by molar-refractivity contribution is 5.88. The molecule has 0 fully saturated rings. The molecule has 0 heterocycles. The van der Waals surface area contributed by atoms with Crippen LogP contribution in [0.3, 0.4) is 0 Å². The molecule has 0 bridgehead atoms. The number of hydrogen-bond acceptors (Lipinski definition) is 18. The molecule has 87 heavy (non-hydrogen) atoms. The van der Waals surface area contributed by atoms with Gasteiger partial charge in [-0.3, -0.25) is 47.9 Å². The summed E-state index contributed by atoms with van der Waals surface area (Å²) in [4.78, 5) is 144. The third-order valence-electron chi connectivity index (χ3n) is 14.4. The monoisotopic (exact) mass is 1250 g/mol. The van der Waals surface area contributed by atoms with Gasteiger partial charge in [0.2, 0.25) is 23.6 Å². The molecular weight excluding hydrogens is 1140 g/mol. The number of unbranched alkanes of at least 4 members (excludes halogenated alkanes) is 14. The van der Waals surface area contributed by atoms with E-state index in [4.69, 9.17) is 24.1 Å². The Kier molecular flexibility index (Phi) is 49.4. The van der Waals surface area contributed by atoms with Crippen LogP contribution >= 0.6 is 0 Å². The van der Waals surface area contributed by atoms with Crippen LogP contribution in [0.2, 0.25) is 0 Å². The molecule has 11 N–H and O–H groups in total. The molecule has 4 amide bonds. The third-order valence-corrected chi connectivity index (χ3v) is 14.4. The maximum Gasteiger partial charge on any atom is 0.326 e. The Labute approximate surface area is 511 Å². The van der Waals surface area contributed by atoms with Crippen molar-refractivity contribution in [2.45, 2.75) is 224 Å². The number of carboxylic acid groups (broad SMARTS) is 5. The van der Waals surface area contributed by atoms with Crippen LogP contribution in [0.25, 0.3) is 0 Å². The van der Waals surface area contributed by atoms with E-state index in [1.807, 2.05) is 0 Å². The van der Waals surface area contributed by atoms with Crippen molar-refractivity contribution < 1.29 is 107 Å². The van der Waals surface area contributed by atoms with E-state index in [1.54, 1.807) is 7.05 Å². The first-order valence-electron chi connectivity index (χ1n) is 31.0. The van der Waals surface area contributed by atoms with Gasteiger partial charge in [0, 0.05) is 71.1 Å². The summed E-state index contributed by atoms with van der Waals surface area (Å²) in [6.45, 7) is 1.78. The maximum absolute atomic E-state index is 12.7. The first-order valence-corrected chi connectivity index (χ1v) is 31.0. The molecule has 0 aromatic carbocycles. The summed E-state index contributed by atoms with van der Waals surface area (Å²) in [5.74, 6) is -11.0. The Morgan fingerprint density at radius 2 is 0.874 bits per heavy atom. The SMILES string of the molecule is CN[C@@H](CCCCNC(=O)CC[C@H](CC(=O)CC[C@@H](NC(=O)COCCOCCCC(=O)COCCOCCNC(=O)CC[C@H](NC(=O)CCCCCCCCCCCCCCCCC(=O)O)C(=O)O)C(=O)O)C(=O)O)C(=O)CC[C@@H](C(=O)O)[C@H](C)O. The van der Waals surface area contributed by atoms with E-state index < -0.39 is 102 Å². The predicted octanol–water partition coefficient (Wildman–Crippen LogP) is 4.29. The van der Waals surface area contributed by atoms with Gasteiger partial charge >= 0.3 is 29.8 Å². The normalized spacial score (nSPS) is 13.3. The molecule has 0 aliphatic heterocycles. The van der Waals surface area contributed by atoms with Crippen molar-refractivity contribution in [3.63, 3.8) is 0 Å². The Hall–Kier alpha value is -6.00. The van der Waals surface area contributed by atoms with Gasteiger partial charge in [0.1, 0.15) is 36.9 Å². The summed E-state index contributed by atoms with van der Waals surface area (Å²) in [6, 6.07) is -3.18. The van der Waals surface area contributed by atoms with Crippen LogP contribution in [0.15, 0.2) is 0 Å². The fraction of sp³-hybridized carbons (Fsp3) is 0.800. The van der Waals surface area contributed by atoms with Crippen LogP contribution in [0.1, 0.15) is 200 Å². The van der Waals surface area contributed by atoms with Gasteiger partial charge in [0.05, 0.1) is 57.0 Å². The number of Topliss-reactive ketones (excluding diaryl/α,β-unsaturated/α-hetero) is 3. The van der Waals surface area contributed by atoms with Gasteiger partial charge in [-0.05, 0) is 78.2 Å². The van der Waals surface area contributed by atoms with Crippen LogP contribution in [-0.2, 0) is 76.5 Å². The van der Waals surface area contributed by atoms with Gasteiger partial charge in [-0.25, -0.2) is 9.59 Å². The molecule has 27 nitrogen and oxygen atoms in total. The minimum atomic E-state index is -1.46. The van der Waals surface area contributed by atoms with E-state index in [-0.39, 0.29) is 147 Å². The number of aliphatic hydroxyl groups excluding tert-OH is 1. The van der Waals surface area contributed by atoms with Crippen molar-refractivity contribution in [3.05, 3.63) is 0 Å². The zero-order chi connectivity index (χ0) is 65.0. The van der Waals surface area contributed by atoms with Gasteiger partial charge in [-0.2, -0.15) is 0 Å². The highest BCUT2D eigenvalue weighted by atomic mass is 16.5. The number of nitrogens with one attached hydrogen (secondary N) is 5. The van der Waals surface area contributed by atoms with Crippen LogP contribution in [-0.4, -0.2) is 199 Å². The summed E-state index contributed by atoms with van der Waals surface area (Å²) in [5, 5.41) is 69.4.